The van der Waals surface area contributed by atoms with Crippen LogP contribution in [0.3, 0.4) is 0 Å². The highest BCUT2D eigenvalue weighted by Crippen LogP contribution is 2.28. The van der Waals surface area contributed by atoms with Gasteiger partial charge in [0.25, 0.3) is 0 Å². The van der Waals surface area contributed by atoms with Gasteiger partial charge >= 0.3 is 0 Å². The van der Waals surface area contributed by atoms with E-state index in [9.17, 15) is 8.42 Å². The molecule has 2 heterocycles. The summed E-state index contributed by atoms with van der Waals surface area (Å²) in [6, 6.07) is 10.9. The highest BCUT2D eigenvalue weighted by Gasteiger charge is 2.34. The highest BCUT2D eigenvalue weighted by atomic mass is 32.2. The van der Waals surface area contributed by atoms with E-state index >= 15 is 0 Å². The Hall–Kier alpha value is -1.76. The fourth-order valence-electron chi connectivity index (χ4n) is 3.23. The topological polar surface area (TPSA) is 62.3 Å². The van der Waals surface area contributed by atoms with Crippen molar-refractivity contribution in [2.45, 2.75) is 31.2 Å². The zero-order valence-electron chi connectivity index (χ0n) is 14.7. The lowest BCUT2D eigenvalue weighted by atomic mass is 10.0. The maximum atomic E-state index is 13.2. The Morgan fingerprint density at radius 3 is 2.64 bits per heavy atom. The number of nitrogens with zero attached hydrogens (tertiary/aromatic N) is 2. The van der Waals surface area contributed by atoms with Crippen molar-refractivity contribution in [2.24, 2.45) is 5.92 Å². The van der Waals surface area contributed by atoms with E-state index in [0.29, 0.717) is 30.4 Å². The molecular formula is C19H25N3O2S. The lowest BCUT2D eigenvalue weighted by Crippen LogP contribution is -2.48. The van der Waals surface area contributed by atoms with Crippen LogP contribution in [0.4, 0.5) is 0 Å². The number of pyridine rings is 1. The predicted molar refractivity (Wildman–Crippen MR) is 98.7 cm³/mol. The second-order valence-electron chi connectivity index (χ2n) is 6.86. The number of nitrogens with one attached hydrogen (secondary N) is 1. The Bertz CT molecular complexity index is 789. The van der Waals surface area contributed by atoms with Crippen molar-refractivity contribution >= 4 is 10.0 Å². The summed E-state index contributed by atoms with van der Waals surface area (Å²) in [5.74, 6) is 0.547. The van der Waals surface area contributed by atoms with Crippen LogP contribution >= 0.6 is 0 Å². The Morgan fingerprint density at radius 1 is 1.24 bits per heavy atom. The van der Waals surface area contributed by atoms with Crippen molar-refractivity contribution in [3.8, 4) is 0 Å². The molecule has 2 aromatic rings. The number of hydrogen-bond acceptors (Lipinski definition) is 4. The van der Waals surface area contributed by atoms with E-state index in [4.69, 9.17) is 0 Å². The summed E-state index contributed by atoms with van der Waals surface area (Å²) in [7, 11) is -3.54. The van der Waals surface area contributed by atoms with Gasteiger partial charge in [0.2, 0.25) is 10.0 Å². The van der Waals surface area contributed by atoms with E-state index in [1.54, 1.807) is 28.8 Å². The summed E-state index contributed by atoms with van der Waals surface area (Å²) >= 11 is 0. The summed E-state index contributed by atoms with van der Waals surface area (Å²) < 4.78 is 28.0. The number of rotatable bonds is 5. The summed E-state index contributed by atoms with van der Waals surface area (Å²) in [6.07, 6.45) is 4.39. The van der Waals surface area contributed by atoms with Crippen LogP contribution in [-0.2, 0) is 16.4 Å². The lowest BCUT2D eigenvalue weighted by Gasteiger charge is -2.35. The van der Waals surface area contributed by atoms with Crippen molar-refractivity contribution in [3.05, 3.63) is 59.9 Å². The maximum absolute atomic E-state index is 13.2. The normalized spacial score (nSPS) is 19.2. The highest BCUT2D eigenvalue weighted by molar-refractivity contribution is 7.89. The van der Waals surface area contributed by atoms with Crippen molar-refractivity contribution in [1.82, 2.24) is 14.6 Å². The number of piperazine rings is 1. The zero-order chi connectivity index (χ0) is 17.9. The Morgan fingerprint density at radius 2 is 2.00 bits per heavy atom. The van der Waals surface area contributed by atoms with Crippen LogP contribution in [0, 0.1) is 5.92 Å². The first-order chi connectivity index (χ1) is 12.0. The number of hydrogen-bond donors (Lipinski definition) is 1. The summed E-state index contributed by atoms with van der Waals surface area (Å²) in [5.41, 5.74) is 2.08. The Kier molecular flexibility index (Phi) is 5.51. The van der Waals surface area contributed by atoms with Gasteiger partial charge in [0.1, 0.15) is 0 Å². The largest absolute Gasteiger partial charge is 0.313 e. The molecule has 0 bridgehead atoms. The molecular weight excluding hydrogens is 334 g/mol. The molecule has 25 heavy (non-hydrogen) atoms. The van der Waals surface area contributed by atoms with Gasteiger partial charge in [0.05, 0.1) is 10.9 Å². The maximum Gasteiger partial charge on any atom is 0.243 e. The molecule has 0 radical (unpaired) electrons. The molecule has 0 amide bonds. The second-order valence-corrected chi connectivity index (χ2v) is 8.75. The molecule has 1 aromatic carbocycles. The van der Waals surface area contributed by atoms with Crippen LogP contribution in [-0.4, -0.2) is 37.3 Å². The molecule has 1 fully saturated rings. The number of aromatic nitrogens is 1. The van der Waals surface area contributed by atoms with Crippen LogP contribution < -0.4 is 5.32 Å². The molecule has 5 nitrogen and oxygen atoms in total. The Labute approximate surface area is 150 Å². The third-order valence-electron chi connectivity index (χ3n) is 4.44. The first kappa shape index (κ1) is 18.0. The molecule has 3 rings (SSSR count). The molecule has 6 heteroatoms. The van der Waals surface area contributed by atoms with Gasteiger partial charge in [-0.2, -0.15) is 4.31 Å². The van der Waals surface area contributed by atoms with E-state index in [0.717, 1.165) is 17.5 Å². The van der Waals surface area contributed by atoms with E-state index in [1.807, 2.05) is 24.3 Å². The van der Waals surface area contributed by atoms with Gasteiger partial charge < -0.3 is 5.32 Å². The van der Waals surface area contributed by atoms with Crippen molar-refractivity contribution in [2.75, 3.05) is 19.6 Å². The summed E-state index contributed by atoms with van der Waals surface area (Å²) in [6.45, 7) is 6.02. The second kappa shape index (κ2) is 7.64. The van der Waals surface area contributed by atoms with Gasteiger partial charge in [0, 0.05) is 32.0 Å². The van der Waals surface area contributed by atoms with Crippen molar-refractivity contribution in [3.63, 3.8) is 0 Å². The van der Waals surface area contributed by atoms with Crippen LogP contribution in [0.5, 0.6) is 0 Å². The fraction of sp³-hybridized carbons (Fsp3) is 0.421. The van der Waals surface area contributed by atoms with Gasteiger partial charge in [-0.15, -0.1) is 0 Å². The van der Waals surface area contributed by atoms with E-state index in [2.05, 4.69) is 24.1 Å². The minimum Gasteiger partial charge on any atom is -0.313 e. The first-order valence-corrected chi connectivity index (χ1v) is 10.1. The van der Waals surface area contributed by atoms with E-state index in [-0.39, 0.29) is 6.04 Å². The first-order valence-electron chi connectivity index (χ1n) is 8.70. The standard InChI is InChI=1S/C19H25N3O2S/c1-15(2)12-16-5-7-18(8-6-16)25(23,24)22-11-10-21-14-19(22)17-4-3-9-20-13-17/h3-9,13,15,19,21H,10-12,14H2,1-2H3. The molecule has 1 aliphatic rings. The molecule has 1 aliphatic heterocycles. The molecule has 1 aromatic heterocycles. The van der Waals surface area contributed by atoms with E-state index < -0.39 is 10.0 Å². The van der Waals surface area contributed by atoms with Crippen LogP contribution in [0.25, 0.3) is 0 Å². The molecule has 1 N–H and O–H groups in total. The SMILES string of the molecule is CC(C)Cc1ccc(S(=O)(=O)N2CCNCC2c2cccnc2)cc1. The molecule has 0 spiro atoms. The average molecular weight is 359 g/mol. The minimum absolute atomic E-state index is 0.234. The predicted octanol–water partition coefficient (Wildman–Crippen LogP) is 2.62. The third kappa shape index (κ3) is 4.08. The quantitative estimate of drug-likeness (QED) is 0.891. The van der Waals surface area contributed by atoms with Gasteiger partial charge in [-0.3, -0.25) is 4.98 Å². The van der Waals surface area contributed by atoms with E-state index in [1.165, 1.54) is 0 Å². The lowest BCUT2D eigenvalue weighted by molar-refractivity contribution is 0.271. The number of benzene rings is 1. The van der Waals surface area contributed by atoms with Gasteiger partial charge in [-0.1, -0.05) is 32.0 Å². The minimum atomic E-state index is -3.54. The molecule has 1 atom stereocenters. The molecule has 1 unspecified atom stereocenters. The van der Waals surface area contributed by atoms with Gasteiger partial charge in [-0.25, -0.2) is 8.42 Å². The van der Waals surface area contributed by atoms with Crippen LogP contribution in [0.15, 0.2) is 53.7 Å². The monoisotopic (exact) mass is 359 g/mol. The zero-order valence-corrected chi connectivity index (χ0v) is 15.5. The van der Waals surface area contributed by atoms with Crippen molar-refractivity contribution in [1.29, 1.82) is 0 Å². The summed E-state index contributed by atoms with van der Waals surface area (Å²) in [5, 5.41) is 3.28. The van der Waals surface area contributed by atoms with Crippen molar-refractivity contribution < 1.29 is 8.42 Å². The van der Waals surface area contributed by atoms with Gasteiger partial charge in [-0.05, 0) is 41.7 Å². The fourth-order valence-corrected chi connectivity index (χ4v) is 4.85. The molecule has 1 saturated heterocycles. The number of sulfonamides is 1. The van der Waals surface area contributed by atoms with Crippen LogP contribution in [0.2, 0.25) is 0 Å². The Balaban J connectivity index is 1.89. The molecule has 0 aliphatic carbocycles. The van der Waals surface area contributed by atoms with Gasteiger partial charge in [0.15, 0.2) is 0 Å². The molecule has 0 saturated carbocycles. The third-order valence-corrected chi connectivity index (χ3v) is 6.36. The van der Waals surface area contributed by atoms with Crippen LogP contribution in [0.1, 0.15) is 31.0 Å². The molecule has 134 valence electrons. The average Bonchev–Trinajstić information content (AvgIpc) is 2.62. The smallest absolute Gasteiger partial charge is 0.243 e. The summed E-state index contributed by atoms with van der Waals surface area (Å²) in [4.78, 5) is 4.50.